The highest BCUT2D eigenvalue weighted by atomic mass is 35.5. The summed E-state index contributed by atoms with van der Waals surface area (Å²) >= 11 is 11.8. The first-order valence-electron chi connectivity index (χ1n) is 6.22. The van der Waals surface area contributed by atoms with E-state index in [1.807, 2.05) is 0 Å². The van der Waals surface area contributed by atoms with Gasteiger partial charge in [0, 0.05) is 5.56 Å². The molecular weight excluding hydrogens is 319 g/mol. The molecule has 1 N–H and O–H groups in total. The molecule has 1 aliphatic heterocycles. The molecule has 0 radical (unpaired) electrons. The van der Waals surface area contributed by atoms with Crippen LogP contribution in [-0.4, -0.2) is 27.3 Å². The normalized spacial score (nSPS) is 21.6. The first-order chi connectivity index (χ1) is 10.0. The number of hydrogen-bond donors (Lipinski definition) is 1. The van der Waals surface area contributed by atoms with Gasteiger partial charge in [-0.15, -0.1) is 0 Å². The van der Waals surface area contributed by atoms with Crippen LogP contribution in [0.25, 0.3) is 11.4 Å². The van der Waals surface area contributed by atoms with Crippen molar-refractivity contribution in [3.63, 3.8) is 0 Å². The van der Waals surface area contributed by atoms with Gasteiger partial charge >= 0.3 is 5.97 Å². The molecule has 110 valence electrons. The molecule has 0 amide bonds. The lowest BCUT2D eigenvalue weighted by Gasteiger charge is -2.05. The molecule has 1 aromatic heterocycles. The number of ether oxygens (including phenoxy) is 1. The fourth-order valence-electron chi connectivity index (χ4n) is 2.12. The fraction of sp³-hybridized carbons (Fsp3) is 0.308. The summed E-state index contributed by atoms with van der Waals surface area (Å²) in [6.45, 7) is 0. The summed E-state index contributed by atoms with van der Waals surface area (Å²) in [7, 11) is 0. The van der Waals surface area contributed by atoms with Crippen molar-refractivity contribution in [3.8, 4) is 11.4 Å². The predicted octanol–water partition coefficient (Wildman–Crippen LogP) is 3.35. The SMILES string of the molecule is O=C(O)C1CCC(c2nc(-c3ccc(Cl)c(Cl)c3)no2)O1. The van der Waals surface area contributed by atoms with E-state index in [-0.39, 0.29) is 5.89 Å². The third-order valence-corrected chi connectivity index (χ3v) is 3.93. The van der Waals surface area contributed by atoms with Crippen LogP contribution in [0.2, 0.25) is 10.0 Å². The number of halogens is 2. The monoisotopic (exact) mass is 328 g/mol. The molecule has 1 fully saturated rings. The van der Waals surface area contributed by atoms with E-state index in [4.69, 9.17) is 37.6 Å². The predicted molar refractivity (Wildman–Crippen MR) is 74.2 cm³/mol. The van der Waals surface area contributed by atoms with Crippen LogP contribution in [-0.2, 0) is 9.53 Å². The van der Waals surface area contributed by atoms with Gasteiger partial charge in [0.15, 0.2) is 6.10 Å². The molecule has 1 saturated heterocycles. The number of aromatic nitrogens is 2. The summed E-state index contributed by atoms with van der Waals surface area (Å²) in [6.07, 6.45) is -0.366. The van der Waals surface area contributed by atoms with E-state index in [9.17, 15) is 4.79 Å². The smallest absolute Gasteiger partial charge is 0.332 e. The number of rotatable bonds is 3. The van der Waals surface area contributed by atoms with Gasteiger partial charge in [-0.05, 0) is 31.0 Å². The van der Waals surface area contributed by atoms with Crippen LogP contribution >= 0.6 is 23.2 Å². The number of carbonyl (C=O) groups is 1. The van der Waals surface area contributed by atoms with E-state index in [0.717, 1.165) is 0 Å². The number of hydrogen-bond acceptors (Lipinski definition) is 5. The minimum atomic E-state index is -0.985. The van der Waals surface area contributed by atoms with Gasteiger partial charge in [-0.3, -0.25) is 0 Å². The van der Waals surface area contributed by atoms with Crippen molar-refractivity contribution in [2.45, 2.75) is 25.0 Å². The van der Waals surface area contributed by atoms with Crippen LogP contribution in [0.5, 0.6) is 0 Å². The van der Waals surface area contributed by atoms with Crippen LogP contribution < -0.4 is 0 Å². The summed E-state index contributed by atoms with van der Waals surface area (Å²) in [5, 5.41) is 13.6. The maximum absolute atomic E-state index is 10.9. The molecule has 3 rings (SSSR count). The molecule has 2 unspecified atom stereocenters. The maximum Gasteiger partial charge on any atom is 0.332 e. The van der Waals surface area contributed by atoms with Crippen LogP contribution in [0, 0.1) is 0 Å². The van der Waals surface area contributed by atoms with E-state index >= 15 is 0 Å². The van der Waals surface area contributed by atoms with Crippen LogP contribution in [0.3, 0.4) is 0 Å². The Morgan fingerprint density at radius 1 is 1.29 bits per heavy atom. The molecule has 1 aliphatic rings. The summed E-state index contributed by atoms with van der Waals surface area (Å²) in [5.41, 5.74) is 0.659. The van der Waals surface area contributed by atoms with Crippen molar-refractivity contribution in [3.05, 3.63) is 34.1 Å². The highest BCUT2D eigenvalue weighted by molar-refractivity contribution is 6.42. The van der Waals surface area contributed by atoms with E-state index in [1.165, 1.54) is 0 Å². The second-order valence-corrected chi connectivity index (χ2v) is 5.43. The van der Waals surface area contributed by atoms with Gasteiger partial charge in [-0.1, -0.05) is 28.4 Å². The summed E-state index contributed by atoms with van der Waals surface area (Å²) in [5.74, 6) is -0.368. The van der Waals surface area contributed by atoms with Crippen molar-refractivity contribution in [1.82, 2.24) is 10.1 Å². The lowest BCUT2D eigenvalue weighted by atomic mass is 10.2. The van der Waals surface area contributed by atoms with Crippen LogP contribution in [0.4, 0.5) is 0 Å². The Bertz CT molecular complexity index is 689. The molecule has 2 aromatic rings. The molecule has 0 aliphatic carbocycles. The van der Waals surface area contributed by atoms with Gasteiger partial charge in [0.05, 0.1) is 10.0 Å². The lowest BCUT2D eigenvalue weighted by Crippen LogP contribution is -2.18. The number of carboxylic acid groups (broad SMARTS) is 1. The fourth-order valence-corrected chi connectivity index (χ4v) is 2.42. The number of benzene rings is 1. The molecule has 8 heteroatoms. The number of carboxylic acids is 1. The Hall–Kier alpha value is -1.63. The molecule has 21 heavy (non-hydrogen) atoms. The summed E-state index contributed by atoms with van der Waals surface area (Å²) in [6, 6.07) is 4.99. The second kappa shape index (κ2) is 5.63. The van der Waals surface area contributed by atoms with Crippen molar-refractivity contribution in [2.24, 2.45) is 0 Å². The molecule has 0 saturated carbocycles. The molecule has 0 bridgehead atoms. The minimum absolute atomic E-state index is 0.264. The van der Waals surface area contributed by atoms with Crippen molar-refractivity contribution < 1.29 is 19.2 Å². The first-order valence-corrected chi connectivity index (χ1v) is 6.97. The van der Waals surface area contributed by atoms with E-state index in [0.29, 0.717) is 34.3 Å². The van der Waals surface area contributed by atoms with E-state index in [2.05, 4.69) is 10.1 Å². The molecule has 0 spiro atoms. The molecule has 2 heterocycles. The summed E-state index contributed by atoms with van der Waals surface area (Å²) in [4.78, 5) is 15.1. The Morgan fingerprint density at radius 3 is 2.76 bits per heavy atom. The van der Waals surface area contributed by atoms with E-state index < -0.39 is 18.2 Å². The van der Waals surface area contributed by atoms with E-state index in [1.54, 1.807) is 18.2 Å². The number of aliphatic carboxylic acids is 1. The van der Waals surface area contributed by atoms with Gasteiger partial charge in [-0.2, -0.15) is 4.98 Å². The summed E-state index contributed by atoms with van der Waals surface area (Å²) < 4.78 is 10.5. The Labute approximate surface area is 129 Å². The zero-order chi connectivity index (χ0) is 15.0. The van der Waals surface area contributed by atoms with Crippen LogP contribution in [0.1, 0.15) is 24.8 Å². The zero-order valence-corrected chi connectivity index (χ0v) is 12.1. The van der Waals surface area contributed by atoms with Crippen molar-refractivity contribution >= 4 is 29.2 Å². The maximum atomic E-state index is 10.9. The number of nitrogens with zero attached hydrogens (tertiary/aromatic N) is 2. The van der Waals surface area contributed by atoms with Crippen molar-refractivity contribution in [2.75, 3.05) is 0 Å². The van der Waals surface area contributed by atoms with Gasteiger partial charge in [-0.25, -0.2) is 4.79 Å². The average Bonchev–Trinajstić information content (AvgIpc) is 3.09. The minimum Gasteiger partial charge on any atom is -0.479 e. The first kappa shape index (κ1) is 14.3. The quantitative estimate of drug-likeness (QED) is 0.929. The largest absolute Gasteiger partial charge is 0.479 e. The molecule has 6 nitrogen and oxygen atoms in total. The highest BCUT2D eigenvalue weighted by Gasteiger charge is 2.34. The van der Waals surface area contributed by atoms with Crippen LogP contribution in [0.15, 0.2) is 22.7 Å². The molecule has 1 aromatic carbocycles. The average molecular weight is 329 g/mol. The Kier molecular flexibility index (Phi) is 3.84. The van der Waals surface area contributed by atoms with Crippen molar-refractivity contribution in [1.29, 1.82) is 0 Å². The van der Waals surface area contributed by atoms with Gasteiger partial charge in [0.2, 0.25) is 5.82 Å². The second-order valence-electron chi connectivity index (χ2n) is 4.61. The van der Waals surface area contributed by atoms with Gasteiger partial charge in [0.1, 0.15) is 6.10 Å². The van der Waals surface area contributed by atoms with Gasteiger partial charge < -0.3 is 14.4 Å². The standard InChI is InChI=1S/C13H10Cl2N2O4/c14-7-2-1-6(5-8(7)15)11-16-12(21-17-11)9-3-4-10(20-9)13(18)19/h1-2,5,9-10H,3-4H2,(H,18,19). The molecular formula is C13H10Cl2N2O4. The Balaban J connectivity index is 1.80. The van der Waals surface area contributed by atoms with Gasteiger partial charge in [0.25, 0.3) is 5.89 Å². The highest BCUT2D eigenvalue weighted by Crippen LogP contribution is 2.33. The topological polar surface area (TPSA) is 85.5 Å². The Morgan fingerprint density at radius 2 is 2.10 bits per heavy atom. The molecule has 2 atom stereocenters. The lowest BCUT2D eigenvalue weighted by molar-refractivity contribution is -0.150. The third-order valence-electron chi connectivity index (χ3n) is 3.19. The third kappa shape index (κ3) is 2.88. The zero-order valence-electron chi connectivity index (χ0n) is 10.6.